The molecule has 0 aliphatic carbocycles. The van der Waals surface area contributed by atoms with Gasteiger partial charge in [-0.15, -0.1) is 0 Å². The molecule has 2 nitrogen and oxygen atoms in total. The molecule has 0 radical (unpaired) electrons. The predicted molar refractivity (Wildman–Crippen MR) is 88.6 cm³/mol. The summed E-state index contributed by atoms with van der Waals surface area (Å²) in [6.45, 7) is 11.2. The summed E-state index contributed by atoms with van der Waals surface area (Å²) in [7, 11) is 0.938. The molecule has 0 aliphatic rings. The van der Waals surface area contributed by atoms with Crippen molar-refractivity contribution in [3.05, 3.63) is 35.5 Å². The zero-order valence-electron chi connectivity index (χ0n) is 13.4. The van der Waals surface area contributed by atoms with Crippen molar-refractivity contribution >= 4 is 19.0 Å². The second-order valence-corrected chi connectivity index (χ2v) is 12.9. The van der Waals surface area contributed by atoms with Gasteiger partial charge < -0.3 is 4.57 Å². The molecule has 1 heterocycles. The minimum atomic E-state index is -1.15. The first-order valence-electron chi connectivity index (χ1n) is 7.14. The van der Waals surface area contributed by atoms with Crippen LogP contribution in [0.2, 0.25) is 19.6 Å². The van der Waals surface area contributed by atoms with E-state index in [-0.39, 0.29) is 0 Å². The topological polar surface area (TPSA) is 28.7 Å². The Morgan fingerprint density at radius 3 is 2.45 bits per heavy atom. The first-order chi connectivity index (χ1) is 9.15. The standard InChI is InChI=1S/C17H24N2Si/c1-17(2,12-18)15-9-7-8-14-13(11-20(4,5)6)10-19(3)16(14)15/h7-10H,11H2,1-6H3. The number of benzene rings is 1. The summed E-state index contributed by atoms with van der Waals surface area (Å²) >= 11 is 0. The number of rotatable bonds is 3. The zero-order chi connectivity index (χ0) is 15.1. The summed E-state index contributed by atoms with van der Waals surface area (Å²) in [6, 6.07) is 9.98. The van der Waals surface area contributed by atoms with Crippen LogP contribution in [0.5, 0.6) is 0 Å². The van der Waals surface area contributed by atoms with Crippen LogP contribution in [0.1, 0.15) is 25.0 Å². The summed E-state index contributed by atoms with van der Waals surface area (Å²) in [6.07, 6.45) is 2.25. The minimum Gasteiger partial charge on any atom is -0.350 e. The number of nitrogens with zero attached hydrogens (tertiary/aromatic N) is 2. The van der Waals surface area contributed by atoms with E-state index in [1.165, 1.54) is 22.5 Å². The van der Waals surface area contributed by atoms with Gasteiger partial charge in [-0.3, -0.25) is 0 Å². The van der Waals surface area contributed by atoms with Crippen molar-refractivity contribution in [1.82, 2.24) is 4.57 Å². The Kier molecular flexibility index (Phi) is 3.56. The van der Waals surface area contributed by atoms with Crippen LogP contribution in [0.3, 0.4) is 0 Å². The number of hydrogen-bond donors (Lipinski definition) is 0. The highest BCUT2D eigenvalue weighted by molar-refractivity contribution is 6.75. The van der Waals surface area contributed by atoms with Crippen LogP contribution in [0, 0.1) is 11.3 Å². The van der Waals surface area contributed by atoms with Gasteiger partial charge >= 0.3 is 0 Å². The summed E-state index contributed by atoms with van der Waals surface area (Å²) in [5, 5.41) is 10.8. The monoisotopic (exact) mass is 284 g/mol. The Hall–Kier alpha value is -1.53. The molecule has 1 aromatic heterocycles. The molecule has 0 spiro atoms. The third-order valence-electron chi connectivity index (χ3n) is 3.76. The molecule has 0 bridgehead atoms. The van der Waals surface area contributed by atoms with Crippen molar-refractivity contribution in [3.8, 4) is 6.07 Å². The molecule has 20 heavy (non-hydrogen) atoms. The second-order valence-electron chi connectivity index (χ2n) is 7.44. The maximum absolute atomic E-state index is 9.44. The lowest BCUT2D eigenvalue weighted by Crippen LogP contribution is -2.23. The van der Waals surface area contributed by atoms with Crippen molar-refractivity contribution in [2.75, 3.05) is 0 Å². The Labute approximate surface area is 123 Å². The van der Waals surface area contributed by atoms with Gasteiger partial charge in [-0.25, -0.2) is 0 Å². The third kappa shape index (κ3) is 2.66. The molecular formula is C17H24N2Si. The van der Waals surface area contributed by atoms with Crippen molar-refractivity contribution in [2.24, 2.45) is 7.05 Å². The molecule has 0 N–H and O–H groups in total. The smallest absolute Gasteiger partial charge is 0.0786 e. The predicted octanol–water partition coefficient (Wildman–Crippen LogP) is 4.40. The summed E-state index contributed by atoms with van der Waals surface area (Å²) in [4.78, 5) is 0. The van der Waals surface area contributed by atoms with Gasteiger partial charge in [-0.2, -0.15) is 5.26 Å². The molecule has 0 saturated carbocycles. The van der Waals surface area contributed by atoms with Crippen LogP contribution in [0.15, 0.2) is 24.4 Å². The molecule has 0 atom stereocenters. The second kappa shape index (κ2) is 4.78. The quantitative estimate of drug-likeness (QED) is 0.768. The molecule has 3 heteroatoms. The number of nitriles is 1. The third-order valence-corrected chi connectivity index (χ3v) is 5.20. The molecular weight excluding hydrogens is 260 g/mol. The average molecular weight is 284 g/mol. The number of hydrogen-bond acceptors (Lipinski definition) is 1. The summed E-state index contributed by atoms with van der Waals surface area (Å²) in [5.74, 6) is 0. The lowest BCUT2D eigenvalue weighted by molar-refractivity contribution is 0.688. The van der Waals surface area contributed by atoms with E-state index in [2.05, 4.69) is 61.7 Å². The molecule has 1 aromatic carbocycles. The zero-order valence-corrected chi connectivity index (χ0v) is 14.4. The minimum absolute atomic E-state index is 0.456. The van der Waals surface area contributed by atoms with Crippen molar-refractivity contribution in [1.29, 1.82) is 5.26 Å². The molecule has 0 saturated heterocycles. The van der Waals surface area contributed by atoms with Crippen LogP contribution in [0.4, 0.5) is 0 Å². The fourth-order valence-corrected chi connectivity index (χ4v) is 4.25. The van der Waals surface area contributed by atoms with Crippen molar-refractivity contribution < 1.29 is 0 Å². The van der Waals surface area contributed by atoms with Gasteiger partial charge in [0.15, 0.2) is 0 Å². The highest BCUT2D eigenvalue weighted by Gasteiger charge is 2.25. The van der Waals surface area contributed by atoms with Crippen LogP contribution >= 0.6 is 0 Å². The number of para-hydroxylation sites is 1. The van der Waals surface area contributed by atoms with Crippen molar-refractivity contribution in [3.63, 3.8) is 0 Å². The van der Waals surface area contributed by atoms with Gasteiger partial charge in [0.2, 0.25) is 0 Å². The maximum atomic E-state index is 9.44. The molecule has 2 aromatic rings. The van der Waals surface area contributed by atoms with Crippen LogP contribution in [0.25, 0.3) is 10.9 Å². The van der Waals surface area contributed by atoms with E-state index >= 15 is 0 Å². The average Bonchev–Trinajstić information content (AvgIpc) is 2.64. The Morgan fingerprint density at radius 2 is 1.90 bits per heavy atom. The lowest BCUT2D eigenvalue weighted by atomic mass is 9.85. The SMILES string of the molecule is Cn1cc(C[Si](C)(C)C)c2cccc(C(C)(C)C#N)c21. The first-order valence-corrected chi connectivity index (χ1v) is 10.8. The molecule has 0 aliphatic heterocycles. The van der Waals surface area contributed by atoms with Gasteiger partial charge in [0.25, 0.3) is 0 Å². The summed E-state index contributed by atoms with van der Waals surface area (Å²) < 4.78 is 2.19. The molecule has 0 amide bonds. The fraction of sp³-hybridized carbons (Fsp3) is 0.471. The van der Waals surface area contributed by atoms with Gasteiger partial charge in [0, 0.05) is 26.7 Å². The largest absolute Gasteiger partial charge is 0.350 e. The molecule has 0 fully saturated rings. The van der Waals surface area contributed by atoms with E-state index in [1.54, 1.807) is 0 Å². The van der Waals surface area contributed by atoms with Crippen molar-refractivity contribution in [2.45, 2.75) is 44.9 Å². The normalized spacial score (nSPS) is 12.7. The Morgan fingerprint density at radius 1 is 1.25 bits per heavy atom. The molecule has 106 valence electrons. The van der Waals surface area contributed by atoms with E-state index in [9.17, 15) is 5.26 Å². The van der Waals surface area contributed by atoms with E-state index in [0.717, 1.165) is 5.56 Å². The number of aryl methyl sites for hydroxylation is 1. The van der Waals surface area contributed by atoms with E-state index in [4.69, 9.17) is 0 Å². The fourth-order valence-electron chi connectivity index (χ4n) is 2.83. The van der Waals surface area contributed by atoms with Gasteiger partial charge in [0.05, 0.1) is 17.0 Å². The van der Waals surface area contributed by atoms with E-state index in [0.29, 0.717) is 0 Å². The summed E-state index contributed by atoms with van der Waals surface area (Å²) in [5.41, 5.74) is 3.31. The van der Waals surface area contributed by atoms with Gasteiger partial charge in [0.1, 0.15) is 0 Å². The molecule has 0 unspecified atom stereocenters. The number of aromatic nitrogens is 1. The maximum Gasteiger partial charge on any atom is 0.0786 e. The first kappa shape index (κ1) is 14.9. The van der Waals surface area contributed by atoms with Crippen LogP contribution in [-0.2, 0) is 18.5 Å². The van der Waals surface area contributed by atoms with E-state index in [1.807, 2.05) is 13.8 Å². The van der Waals surface area contributed by atoms with Gasteiger partial charge in [-0.05, 0) is 31.0 Å². The van der Waals surface area contributed by atoms with Gasteiger partial charge in [-0.1, -0.05) is 37.8 Å². The van der Waals surface area contributed by atoms with E-state index < -0.39 is 13.5 Å². The Balaban J connectivity index is 2.70. The molecule has 2 rings (SSSR count). The Bertz CT molecular complexity index is 681. The van der Waals surface area contributed by atoms with Crippen LogP contribution < -0.4 is 0 Å². The van der Waals surface area contributed by atoms with Crippen LogP contribution in [-0.4, -0.2) is 12.6 Å². The number of fused-ring (bicyclic) bond motifs is 1. The highest BCUT2D eigenvalue weighted by atomic mass is 28.3. The highest BCUT2D eigenvalue weighted by Crippen LogP contribution is 2.33. The lowest BCUT2D eigenvalue weighted by Gasteiger charge is -2.18.